The minimum absolute atomic E-state index is 0.409. The zero-order chi connectivity index (χ0) is 8.31. The molecule has 0 aromatic carbocycles. The highest BCUT2D eigenvalue weighted by Crippen LogP contribution is 2.20. The predicted octanol–water partition coefficient (Wildman–Crippen LogP) is 1.95. The Labute approximate surface area is 80.7 Å². The molecule has 0 aliphatic heterocycles. The first-order valence-electron chi connectivity index (χ1n) is 1.95. The molecule has 0 saturated carbocycles. The monoisotopic (exact) mass is 245 g/mol. The van der Waals surface area contributed by atoms with E-state index >= 15 is 0 Å². The molecule has 62 valence electrons. The fraction of sp³-hybridized carbons (Fsp3) is 1.00. The van der Waals surface area contributed by atoms with Crippen molar-refractivity contribution in [1.82, 2.24) is 3.82 Å². The molecule has 0 amide bonds. The van der Waals surface area contributed by atoms with Gasteiger partial charge in [0.25, 0.3) is 11.3 Å². The van der Waals surface area contributed by atoms with Crippen molar-refractivity contribution < 1.29 is 8.76 Å². The molecule has 2 atom stereocenters. The van der Waals surface area contributed by atoms with Crippen LogP contribution in [0.1, 0.15) is 0 Å². The summed E-state index contributed by atoms with van der Waals surface area (Å²) in [4.78, 5) is -1.02. The van der Waals surface area contributed by atoms with Crippen LogP contribution in [0.5, 0.6) is 0 Å². The van der Waals surface area contributed by atoms with Gasteiger partial charge in [0.05, 0.1) is 0 Å². The zero-order valence-electron chi connectivity index (χ0n) is 4.38. The van der Waals surface area contributed by atoms with Gasteiger partial charge in [0.1, 0.15) is 10.3 Å². The van der Waals surface area contributed by atoms with E-state index in [1.807, 2.05) is 0 Å². The third-order valence-electron chi connectivity index (χ3n) is 0.551. The number of rotatable bonds is 3. The number of nitrogens with zero attached hydrogens (tertiary/aromatic N) is 1. The lowest BCUT2D eigenvalue weighted by molar-refractivity contribution is 0.498. The lowest BCUT2D eigenvalue weighted by atomic mass is 10.8. The van der Waals surface area contributed by atoms with Crippen molar-refractivity contribution in [2.75, 3.05) is 0 Å². The Morgan fingerprint density at radius 2 is 1.80 bits per heavy atom. The van der Waals surface area contributed by atoms with Gasteiger partial charge in [0.2, 0.25) is 0 Å². The molecule has 2 unspecified atom stereocenters. The summed E-state index contributed by atoms with van der Waals surface area (Å²) < 4.78 is 18.9. The average Bonchev–Trinajstić information content (AvgIpc) is 1.84. The number of alkyl halides is 3. The van der Waals surface area contributed by atoms with Gasteiger partial charge in [-0.2, -0.15) is 0 Å². The molecule has 0 heterocycles. The molecule has 0 saturated heterocycles. The summed E-state index contributed by atoms with van der Waals surface area (Å²) in [6, 6.07) is 0. The van der Waals surface area contributed by atoms with Gasteiger partial charge in [-0.15, -0.1) is 34.8 Å². The molecule has 0 bridgehead atoms. The van der Waals surface area contributed by atoms with Gasteiger partial charge >= 0.3 is 0 Å². The molecular formula is C2H3Cl4NO2S. The van der Waals surface area contributed by atoms with Crippen LogP contribution in [0.15, 0.2) is 0 Å². The second kappa shape index (κ2) is 4.98. The van der Waals surface area contributed by atoms with E-state index in [0.29, 0.717) is 3.82 Å². The molecule has 1 N–H and O–H groups in total. The lowest BCUT2D eigenvalue weighted by Gasteiger charge is -2.15. The van der Waals surface area contributed by atoms with Crippen LogP contribution in [0, 0.1) is 0 Å². The van der Waals surface area contributed by atoms with E-state index in [4.69, 9.17) is 51.1 Å². The SMILES string of the molecule is O=S(O)N(Cl)C(Cl)C(Cl)Cl. The Balaban J connectivity index is 3.94. The third-order valence-corrected chi connectivity index (χ3v) is 3.04. The molecule has 0 spiro atoms. The fourth-order valence-electron chi connectivity index (χ4n) is 0.175. The van der Waals surface area contributed by atoms with Gasteiger partial charge in [0, 0.05) is 0 Å². The van der Waals surface area contributed by atoms with E-state index in [-0.39, 0.29) is 0 Å². The summed E-state index contributed by atoms with van der Waals surface area (Å²) in [7, 11) is 0. The summed E-state index contributed by atoms with van der Waals surface area (Å²) in [6.07, 6.45) is 0. The standard InChI is InChI=1S/C2H3Cl4NO2S/c3-1(4)2(5)7(6)10(8)9/h1-2H,(H,8,9). The highest BCUT2D eigenvalue weighted by atomic mass is 35.5. The van der Waals surface area contributed by atoms with E-state index in [9.17, 15) is 4.21 Å². The van der Waals surface area contributed by atoms with E-state index in [0.717, 1.165) is 0 Å². The summed E-state index contributed by atoms with van der Waals surface area (Å²) in [6.45, 7) is 0. The largest absolute Gasteiger partial charge is 0.293 e. The Hall–Kier alpha value is 1.23. The highest BCUT2D eigenvalue weighted by Gasteiger charge is 2.24. The number of halogens is 4. The summed E-state index contributed by atoms with van der Waals surface area (Å²) in [5.41, 5.74) is -1.09. The van der Waals surface area contributed by atoms with Gasteiger partial charge in [0.15, 0.2) is 0 Å². The van der Waals surface area contributed by atoms with Crippen LogP contribution in [0.2, 0.25) is 0 Å². The van der Waals surface area contributed by atoms with Gasteiger partial charge in [-0.25, -0.2) is 4.21 Å². The third kappa shape index (κ3) is 3.57. The van der Waals surface area contributed by atoms with Crippen LogP contribution in [-0.4, -0.2) is 22.9 Å². The Bertz CT molecular complexity index is 132. The smallest absolute Gasteiger partial charge is 0.250 e. The Morgan fingerprint density at radius 3 is 1.90 bits per heavy atom. The van der Waals surface area contributed by atoms with Gasteiger partial charge < -0.3 is 0 Å². The summed E-state index contributed by atoms with van der Waals surface area (Å²) in [5.74, 6) is 0. The van der Waals surface area contributed by atoms with Crippen LogP contribution in [0.3, 0.4) is 0 Å². The zero-order valence-corrected chi connectivity index (χ0v) is 8.22. The van der Waals surface area contributed by atoms with E-state index in [2.05, 4.69) is 0 Å². The van der Waals surface area contributed by atoms with Crippen molar-refractivity contribution in [2.45, 2.75) is 10.3 Å². The van der Waals surface area contributed by atoms with Crippen LogP contribution in [0.4, 0.5) is 0 Å². The van der Waals surface area contributed by atoms with Crippen molar-refractivity contribution >= 4 is 57.8 Å². The molecule has 0 aromatic heterocycles. The quantitative estimate of drug-likeness (QED) is 0.358. The molecule has 0 fully saturated rings. The van der Waals surface area contributed by atoms with E-state index in [1.165, 1.54) is 0 Å². The minimum Gasteiger partial charge on any atom is -0.293 e. The number of hydrogen-bond acceptors (Lipinski definition) is 1. The average molecular weight is 247 g/mol. The molecule has 0 aliphatic rings. The normalized spacial score (nSPS) is 17.9. The van der Waals surface area contributed by atoms with Crippen LogP contribution in [-0.2, 0) is 11.3 Å². The lowest BCUT2D eigenvalue weighted by Crippen LogP contribution is -2.28. The maximum absolute atomic E-state index is 10.1. The molecule has 3 nitrogen and oxygen atoms in total. The van der Waals surface area contributed by atoms with Crippen molar-refractivity contribution in [3.63, 3.8) is 0 Å². The maximum Gasteiger partial charge on any atom is 0.250 e. The second-order valence-corrected chi connectivity index (χ2v) is 4.24. The van der Waals surface area contributed by atoms with Gasteiger partial charge in [-0.1, -0.05) is 3.82 Å². The molecule has 0 aromatic rings. The number of hydrogen-bond donors (Lipinski definition) is 1. The van der Waals surface area contributed by atoms with Crippen molar-refractivity contribution in [3.8, 4) is 0 Å². The Morgan fingerprint density at radius 1 is 1.40 bits per heavy atom. The van der Waals surface area contributed by atoms with Crippen LogP contribution < -0.4 is 0 Å². The highest BCUT2D eigenvalue weighted by molar-refractivity contribution is 7.77. The van der Waals surface area contributed by atoms with E-state index < -0.39 is 21.6 Å². The molecular weight excluding hydrogens is 244 g/mol. The van der Waals surface area contributed by atoms with Crippen LogP contribution in [0.25, 0.3) is 0 Å². The van der Waals surface area contributed by atoms with Crippen molar-refractivity contribution in [3.05, 3.63) is 0 Å². The molecule has 0 rings (SSSR count). The minimum atomic E-state index is -2.36. The molecule has 0 radical (unpaired) electrons. The van der Waals surface area contributed by atoms with Crippen molar-refractivity contribution in [2.24, 2.45) is 0 Å². The Kier molecular flexibility index (Phi) is 5.59. The second-order valence-electron chi connectivity index (χ2n) is 1.21. The maximum atomic E-state index is 10.1. The van der Waals surface area contributed by atoms with Crippen LogP contribution >= 0.6 is 46.6 Å². The molecule has 10 heavy (non-hydrogen) atoms. The van der Waals surface area contributed by atoms with Gasteiger partial charge in [-0.3, -0.25) is 4.55 Å². The first kappa shape index (κ1) is 11.2. The molecule has 8 heteroatoms. The first-order valence-corrected chi connectivity index (χ1v) is 4.66. The predicted molar refractivity (Wildman–Crippen MR) is 43.6 cm³/mol. The first-order chi connectivity index (χ1) is 4.46. The van der Waals surface area contributed by atoms with Crippen molar-refractivity contribution in [1.29, 1.82) is 0 Å². The van der Waals surface area contributed by atoms with Gasteiger partial charge in [-0.05, 0) is 11.8 Å². The topological polar surface area (TPSA) is 40.5 Å². The summed E-state index contributed by atoms with van der Waals surface area (Å²) in [5, 5.41) is 0. The van der Waals surface area contributed by atoms with E-state index in [1.54, 1.807) is 0 Å². The molecule has 0 aliphatic carbocycles. The fourth-order valence-corrected chi connectivity index (χ4v) is 1.26. The summed E-state index contributed by atoms with van der Waals surface area (Å²) >= 11 is 18.6.